The first-order valence-corrected chi connectivity index (χ1v) is 9.11. The number of para-hydroxylation sites is 1. The molecule has 0 saturated heterocycles. The van der Waals surface area contributed by atoms with E-state index in [0.717, 1.165) is 10.5 Å². The van der Waals surface area contributed by atoms with Crippen molar-refractivity contribution < 1.29 is 9.59 Å². The Hall–Kier alpha value is -2.02. The van der Waals surface area contributed by atoms with Gasteiger partial charge >= 0.3 is 0 Å². The van der Waals surface area contributed by atoms with Crippen molar-refractivity contribution in [2.75, 3.05) is 17.6 Å². The van der Waals surface area contributed by atoms with Crippen molar-refractivity contribution >= 4 is 40.9 Å². The average Bonchev–Trinajstić information content (AvgIpc) is 2.59. The first-order valence-electron chi connectivity index (χ1n) is 7.75. The lowest BCUT2D eigenvalue weighted by molar-refractivity contribution is -0.116. The molecule has 0 radical (unpaired) electrons. The van der Waals surface area contributed by atoms with Crippen molar-refractivity contribution in [3.05, 3.63) is 59.1 Å². The number of halogens is 1. The van der Waals surface area contributed by atoms with E-state index in [2.05, 4.69) is 10.6 Å². The smallest absolute Gasteiger partial charge is 0.238 e. The van der Waals surface area contributed by atoms with E-state index in [1.807, 2.05) is 49.4 Å². The SMILES string of the molecule is C[C@H](NCC(=O)Nc1ccccc1SCC(N)=O)c1ccccc1Cl. The minimum Gasteiger partial charge on any atom is -0.369 e. The summed E-state index contributed by atoms with van der Waals surface area (Å²) >= 11 is 7.46. The number of benzene rings is 2. The maximum atomic E-state index is 12.2. The normalized spacial score (nSPS) is 11.8. The van der Waals surface area contributed by atoms with E-state index < -0.39 is 5.91 Å². The maximum absolute atomic E-state index is 12.2. The third kappa shape index (κ3) is 6.08. The first-order chi connectivity index (χ1) is 12.0. The molecule has 5 nitrogen and oxygen atoms in total. The summed E-state index contributed by atoms with van der Waals surface area (Å²) in [6.45, 7) is 2.09. The Morgan fingerprint density at radius 1 is 1.16 bits per heavy atom. The fraction of sp³-hybridized carbons (Fsp3) is 0.222. The van der Waals surface area contributed by atoms with Crippen LogP contribution in [-0.4, -0.2) is 24.1 Å². The van der Waals surface area contributed by atoms with E-state index in [1.165, 1.54) is 11.8 Å². The van der Waals surface area contributed by atoms with Crippen LogP contribution in [0.5, 0.6) is 0 Å². The Morgan fingerprint density at radius 3 is 2.56 bits per heavy atom. The molecule has 0 heterocycles. The molecule has 2 aromatic carbocycles. The molecule has 0 saturated carbocycles. The molecule has 132 valence electrons. The second kappa shape index (κ2) is 9.46. The van der Waals surface area contributed by atoms with Gasteiger partial charge in [-0.25, -0.2) is 0 Å². The molecule has 0 aliphatic rings. The second-order valence-electron chi connectivity index (χ2n) is 5.42. The van der Waals surface area contributed by atoms with Crippen LogP contribution in [0.3, 0.4) is 0 Å². The van der Waals surface area contributed by atoms with Crippen molar-refractivity contribution in [1.29, 1.82) is 0 Å². The summed E-state index contributed by atoms with van der Waals surface area (Å²) in [6.07, 6.45) is 0. The van der Waals surface area contributed by atoms with Gasteiger partial charge in [0.2, 0.25) is 11.8 Å². The van der Waals surface area contributed by atoms with Gasteiger partial charge < -0.3 is 16.4 Å². The molecule has 7 heteroatoms. The molecule has 0 aliphatic carbocycles. The highest BCUT2D eigenvalue weighted by Crippen LogP contribution is 2.26. The largest absolute Gasteiger partial charge is 0.369 e. The third-order valence-corrected chi connectivity index (χ3v) is 4.91. The maximum Gasteiger partial charge on any atom is 0.238 e. The lowest BCUT2D eigenvalue weighted by atomic mass is 10.1. The molecule has 2 aromatic rings. The summed E-state index contributed by atoms with van der Waals surface area (Å²) in [5.74, 6) is -0.415. The zero-order valence-electron chi connectivity index (χ0n) is 13.8. The topological polar surface area (TPSA) is 84.2 Å². The molecule has 0 fully saturated rings. The van der Waals surface area contributed by atoms with Crippen molar-refractivity contribution in [2.45, 2.75) is 17.9 Å². The molecule has 4 N–H and O–H groups in total. The van der Waals surface area contributed by atoms with E-state index in [1.54, 1.807) is 6.07 Å². The Balaban J connectivity index is 1.92. The highest BCUT2D eigenvalue weighted by molar-refractivity contribution is 8.00. The van der Waals surface area contributed by atoms with Crippen molar-refractivity contribution in [2.24, 2.45) is 5.73 Å². The predicted octanol–water partition coefficient (Wildman–Crippen LogP) is 3.21. The van der Waals surface area contributed by atoms with Crippen LogP contribution in [-0.2, 0) is 9.59 Å². The van der Waals surface area contributed by atoms with Crippen molar-refractivity contribution in [3.63, 3.8) is 0 Å². The Morgan fingerprint density at radius 2 is 1.84 bits per heavy atom. The molecule has 0 bridgehead atoms. The van der Waals surface area contributed by atoms with Gasteiger partial charge in [-0.3, -0.25) is 9.59 Å². The number of thioether (sulfide) groups is 1. The zero-order valence-corrected chi connectivity index (χ0v) is 15.4. The third-order valence-electron chi connectivity index (χ3n) is 3.47. The lowest BCUT2D eigenvalue weighted by Crippen LogP contribution is -2.30. The zero-order chi connectivity index (χ0) is 18.2. The van der Waals surface area contributed by atoms with Gasteiger partial charge in [-0.15, -0.1) is 11.8 Å². The number of carbonyl (C=O) groups excluding carboxylic acids is 2. The minimum atomic E-state index is -0.402. The van der Waals surface area contributed by atoms with Gasteiger partial charge in [0.1, 0.15) is 0 Å². The number of anilines is 1. The first kappa shape index (κ1) is 19.3. The molecule has 1 atom stereocenters. The molecule has 2 amide bonds. The van der Waals surface area contributed by atoms with Gasteiger partial charge in [-0.1, -0.05) is 41.9 Å². The van der Waals surface area contributed by atoms with Crippen LogP contribution < -0.4 is 16.4 Å². The number of hydrogen-bond acceptors (Lipinski definition) is 4. The molecule has 25 heavy (non-hydrogen) atoms. The van der Waals surface area contributed by atoms with Crippen LogP contribution >= 0.6 is 23.4 Å². The minimum absolute atomic E-state index is 0.0565. The summed E-state index contributed by atoms with van der Waals surface area (Å²) < 4.78 is 0. The number of primary amides is 1. The average molecular weight is 378 g/mol. The fourth-order valence-electron chi connectivity index (χ4n) is 2.22. The predicted molar refractivity (Wildman–Crippen MR) is 103 cm³/mol. The number of nitrogens with one attached hydrogen (secondary N) is 2. The number of rotatable bonds is 8. The monoisotopic (exact) mass is 377 g/mol. The molecule has 0 spiro atoms. The summed E-state index contributed by atoms with van der Waals surface area (Å²) in [4.78, 5) is 24.0. The molecular formula is C18H20ClN3O2S. The van der Waals surface area contributed by atoms with Gasteiger partial charge in [-0.2, -0.15) is 0 Å². The van der Waals surface area contributed by atoms with Crippen molar-refractivity contribution in [1.82, 2.24) is 5.32 Å². The van der Waals surface area contributed by atoms with Crippen LogP contribution in [0.25, 0.3) is 0 Å². The van der Waals surface area contributed by atoms with Crippen molar-refractivity contribution in [3.8, 4) is 0 Å². The molecule has 2 rings (SSSR count). The van der Waals surface area contributed by atoms with E-state index >= 15 is 0 Å². The van der Waals surface area contributed by atoms with Crippen LogP contribution in [0.4, 0.5) is 5.69 Å². The molecule has 0 aromatic heterocycles. The van der Waals surface area contributed by atoms with E-state index in [0.29, 0.717) is 10.7 Å². The number of nitrogens with two attached hydrogens (primary N) is 1. The summed E-state index contributed by atoms with van der Waals surface area (Å²) in [5, 5.41) is 6.66. The molecule has 0 unspecified atom stereocenters. The van der Waals surface area contributed by atoms with E-state index in [9.17, 15) is 9.59 Å². The standard InChI is InChI=1S/C18H20ClN3O2S/c1-12(13-6-2-3-7-14(13)19)21-10-18(24)22-15-8-4-5-9-16(15)25-11-17(20)23/h2-9,12,21H,10-11H2,1H3,(H2,20,23)(H,22,24)/t12-/m0/s1. The van der Waals surface area contributed by atoms with Crippen LogP contribution in [0.15, 0.2) is 53.4 Å². The summed E-state index contributed by atoms with van der Waals surface area (Å²) in [6, 6.07) is 14.8. The molecular weight excluding hydrogens is 358 g/mol. The van der Waals surface area contributed by atoms with Gasteiger partial charge in [-0.05, 0) is 30.7 Å². The van der Waals surface area contributed by atoms with Gasteiger partial charge in [0.25, 0.3) is 0 Å². The lowest BCUT2D eigenvalue weighted by Gasteiger charge is -2.16. The highest BCUT2D eigenvalue weighted by atomic mass is 35.5. The van der Waals surface area contributed by atoms with E-state index in [4.69, 9.17) is 17.3 Å². The summed E-state index contributed by atoms with van der Waals surface area (Å²) in [7, 11) is 0. The molecule has 0 aliphatic heterocycles. The van der Waals surface area contributed by atoms with Crippen LogP contribution in [0, 0.1) is 0 Å². The Kier molecular flexibility index (Phi) is 7.31. The van der Waals surface area contributed by atoms with Crippen LogP contribution in [0.1, 0.15) is 18.5 Å². The Bertz CT molecular complexity index is 755. The Labute approximate surface area is 156 Å². The van der Waals surface area contributed by atoms with Gasteiger partial charge in [0, 0.05) is 16.0 Å². The second-order valence-corrected chi connectivity index (χ2v) is 6.85. The highest BCUT2D eigenvalue weighted by Gasteiger charge is 2.12. The summed E-state index contributed by atoms with van der Waals surface area (Å²) in [5.41, 5.74) is 6.77. The quantitative estimate of drug-likeness (QED) is 0.617. The van der Waals surface area contributed by atoms with Crippen LogP contribution in [0.2, 0.25) is 5.02 Å². The van der Waals surface area contributed by atoms with Gasteiger partial charge in [0.05, 0.1) is 18.0 Å². The number of carbonyl (C=O) groups is 2. The van der Waals surface area contributed by atoms with E-state index in [-0.39, 0.29) is 24.2 Å². The van der Waals surface area contributed by atoms with Gasteiger partial charge in [0.15, 0.2) is 0 Å². The number of amides is 2. The fourth-order valence-corrected chi connectivity index (χ4v) is 3.27. The number of hydrogen-bond donors (Lipinski definition) is 3.